The second kappa shape index (κ2) is 5.10. The van der Waals surface area contributed by atoms with Gasteiger partial charge in [-0.2, -0.15) is 0 Å². The Balaban J connectivity index is 1.89. The minimum absolute atomic E-state index is 0.103. The van der Waals surface area contributed by atoms with E-state index >= 15 is 0 Å². The first-order valence-electron chi connectivity index (χ1n) is 8.14. The van der Waals surface area contributed by atoms with Gasteiger partial charge >= 0.3 is 0 Å². The lowest BCUT2D eigenvalue weighted by atomic mass is 9.84. The van der Waals surface area contributed by atoms with Crippen molar-refractivity contribution in [3.8, 4) is 0 Å². The normalized spacial score (nSPS) is 24.0. The Labute approximate surface area is 127 Å². The summed E-state index contributed by atoms with van der Waals surface area (Å²) in [5, 5.41) is 7.53. The average Bonchev–Trinajstić information content (AvgIpc) is 2.92. The zero-order valence-corrected chi connectivity index (χ0v) is 14.1. The van der Waals surface area contributed by atoms with Gasteiger partial charge in [0.25, 0.3) is 0 Å². The summed E-state index contributed by atoms with van der Waals surface area (Å²) in [6.45, 7) is 9.18. The number of aromatic nitrogens is 1. The highest BCUT2D eigenvalue weighted by molar-refractivity contribution is 7.09. The minimum Gasteiger partial charge on any atom is -0.303 e. The molecule has 1 atom stereocenters. The van der Waals surface area contributed by atoms with Gasteiger partial charge in [0.2, 0.25) is 0 Å². The Hall–Kier alpha value is -0.410. The first-order chi connectivity index (χ1) is 9.39. The van der Waals surface area contributed by atoms with E-state index in [1.807, 2.05) is 11.3 Å². The molecule has 2 aliphatic carbocycles. The molecule has 0 radical (unpaired) electrons. The third-order valence-corrected chi connectivity index (χ3v) is 6.05. The van der Waals surface area contributed by atoms with Crippen LogP contribution in [0.5, 0.6) is 0 Å². The summed E-state index contributed by atoms with van der Waals surface area (Å²) in [4.78, 5) is 5.04. The lowest BCUT2D eigenvalue weighted by Gasteiger charge is -2.35. The van der Waals surface area contributed by atoms with Gasteiger partial charge in [0.05, 0.1) is 11.2 Å². The molecule has 2 fully saturated rings. The fourth-order valence-electron chi connectivity index (χ4n) is 3.37. The fourth-order valence-corrected chi connectivity index (χ4v) is 4.62. The molecule has 2 nitrogen and oxygen atoms in total. The lowest BCUT2D eigenvalue weighted by molar-refractivity contribution is 0.230. The number of hydrogen-bond donors (Lipinski definition) is 1. The van der Waals surface area contributed by atoms with Crippen LogP contribution in [-0.2, 0) is 11.0 Å². The standard InChI is InChI=1S/C17H28N2S/c1-16(2,3)14-11-20-15(18-14)17(4,19-13-9-10-13)12-7-5-6-8-12/h11-13,19H,5-10H2,1-4H3. The number of nitrogens with one attached hydrogen (secondary N) is 1. The fraction of sp³-hybridized carbons (Fsp3) is 0.824. The predicted molar refractivity (Wildman–Crippen MR) is 86.3 cm³/mol. The van der Waals surface area contributed by atoms with Crippen LogP contribution in [0, 0.1) is 5.92 Å². The van der Waals surface area contributed by atoms with Crippen LogP contribution in [0.3, 0.4) is 0 Å². The number of thiazole rings is 1. The van der Waals surface area contributed by atoms with Crippen LogP contribution < -0.4 is 5.32 Å². The Kier molecular flexibility index (Phi) is 3.70. The molecule has 1 aromatic rings. The molecule has 0 spiro atoms. The number of hydrogen-bond acceptors (Lipinski definition) is 3. The molecule has 2 saturated carbocycles. The molecule has 1 heterocycles. The molecule has 0 bridgehead atoms. The third kappa shape index (κ3) is 2.80. The van der Waals surface area contributed by atoms with Gasteiger partial charge in [-0.25, -0.2) is 4.98 Å². The van der Waals surface area contributed by atoms with Crippen LogP contribution in [0.4, 0.5) is 0 Å². The molecule has 0 aromatic carbocycles. The average molecular weight is 292 g/mol. The van der Waals surface area contributed by atoms with Crippen LogP contribution in [0.1, 0.15) is 76.9 Å². The van der Waals surface area contributed by atoms with Crippen molar-refractivity contribution in [3.63, 3.8) is 0 Å². The van der Waals surface area contributed by atoms with E-state index < -0.39 is 0 Å². The van der Waals surface area contributed by atoms with Crippen LogP contribution in [0.2, 0.25) is 0 Å². The summed E-state index contributed by atoms with van der Waals surface area (Å²) >= 11 is 1.87. The Bertz CT molecular complexity index is 464. The summed E-state index contributed by atoms with van der Waals surface area (Å²) in [7, 11) is 0. The molecule has 1 N–H and O–H groups in total. The van der Waals surface area contributed by atoms with E-state index in [4.69, 9.17) is 4.98 Å². The van der Waals surface area contributed by atoms with Crippen molar-refractivity contribution in [2.75, 3.05) is 0 Å². The second-order valence-electron chi connectivity index (χ2n) is 7.89. The van der Waals surface area contributed by atoms with Gasteiger partial charge in [-0.1, -0.05) is 33.6 Å². The van der Waals surface area contributed by atoms with Gasteiger partial charge in [0.15, 0.2) is 0 Å². The molecule has 3 rings (SSSR count). The van der Waals surface area contributed by atoms with Crippen molar-refractivity contribution in [3.05, 3.63) is 16.1 Å². The van der Waals surface area contributed by atoms with Crippen molar-refractivity contribution < 1.29 is 0 Å². The highest BCUT2D eigenvalue weighted by atomic mass is 32.1. The van der Waals surface area contributed by atoms with Crippen molar-refractivity contribution in [2.45, 2.75) is 83.2 Å². The van der Waals surface area contributed by atoms with Gasteiger partial charge < -0.3 is 5.32 Å². The minimum atomic E-state index is 0.103. The zero-order valence-electron chi connectivity index (χ0n) is 13.3. The molecule has 112 valence electrons. The lowest BCUT2D eigenvalue weighted by Crippen LogP contribution is -2.46. The SMILES string of the molecule is CC(C)(C)c1csc(C(C)(NC2CC2)C2CCCC2)n1. The molecule has 0 amide bonds. The maximum Gasteiger partial charge on any atom is 0.113 e. The highest BCUT2D eigenvalue weighted by Gasteiger charge is 2.43. The van der Waals surface area contributed by atoms with Gasteiger partial charge in [-0.05, 0) is 38.5 Å². The van der Waals surface area contributed by atoms with Crippen molar-refractivity contribution in [1.29, 1.82) is 0 Å². The molecule has 0 aliphatic heterocycles. The van der Waals surface area contributed by atoms with Crippen molar-refractivity contribution in [1.82, 2.24) is 10.3 Å². The maximum atomic E-state index is 5.04. The summed E-state index contributed by atoms with van der Waals surface area (Å²) in [6.07, 6.45) is 8.20. The topological polar surface area (TPSA) is 24.9 Å². The van der Waals surface area contributed by atoms with Gasteiger partial charge in [-0.3, -0.25) is 0 Å². The van der Waals surface area contributed by atoms with Crippen LogP contribution >= 0.6 is 11.3 Å². The van der Waals surface area contributed by atoms with Gasteiger partial charge in [0.1, 0.15) is 5.01 Å². The Morgan fingerprint density at radius 2 is 1.75 bits per heavy atom. The molecule has 20 heavy (non-hydrogen) atoms. The molecule has 1 unspecified atom stereocenters. The highest BCUT2D eigenvalue weighted by Crippen LogP contribution is 2.44. The Morgan fingerprint density at radius 1 is 1.10 bits per heavy atom. The Morgan fingerprint density at radius 3 is 2.25 bits per heavy atom. The monoisotopic (exact) mass is 292 g/mol. The van der Waals surface area contributed by atoms with Crippen LogP contribution in [0.15, 0.2) is 5.38 Å². The predicted octanol–water partition coefficient (Wildman–Crippen LogP) is 4.60. The van der Waals surface area contributed by atoms with E-state index in [9.17, 15) is 0 Å². The third-order valence-electron chi connectivity index (χ3n) is 4.97. The number of rotatable bonds is 4. The summed E-state index contributed by atoms with van der Waals surface area (Å²) in [6, 6.07) is 0.739. The largest absolute Gasteiger partial charge is 0.303 e. The molecule has 0 saturated heterocycles. The van der Waals surface area contributed by atoms with Gasteiger partial charge in [-0.15, -0.1) is 11.3 Å². The molecular weight excluding hydrogens is 264 g/mol. The molecule has 2 aliphatic rings. The smallest absolute Gasteiger partial charge is 0.113 e. The number of nitrogens with zero attached hydrogens (tertiary/aromatic N) is 1. The van der Waals surface area contributed by atoms with Crippen molar-refractivity contribution in [2.24, 2.45) is 5.92 Å². The van der Waals surface area contributed by atoms with E-state index in [0.29, 0.717) is 0 Å². The van der Waals surface area contributed by atoms with E-state index in [1.54, 1.807) is 0 Å². The van der Waals surface area contributed by atoms with E-state index in [2.05, 4.69) is 38.4 Å². The van der Waals surface area contributed by atoms with E-state index in [-0.39, 0.29) is 11.0 Å². The quantitative estimate of drug-likeness (QED) is 0.877. The van der Waals surface area contributed by atoms with E-state index in [0.717, 1.165) is 12.0 Å². The van der Waals surface area contributed by atoms with Crippen LogP contribution in [-0.4, -0.2) is 11.0 Å². The first kappa shape index (κ1) is 14.5. The second-order valence-corrected chi connectivity index (χ2v) is 8.75. The van der Waals surface area contributed by atoms with Crippen LogP contribution in [0.25, 0.3) is 0 Å². The molecule has 1 aromatic heterocycles. The molecule has 3 heteroatoms. The maximum absolute atomic E-state index is 5.04. The van der Waals surface area contributed by atoms with Gasteiger partial charge in [0, 0.05) is 16.8 Å². The summed E-state index contributed by atoms with van der Waals surface area (Å²) in [5.41, 5.74) is 1.51. The first-order valence-corrected chi connectivity index (χ1v) is 9.02. The van der Waals surface area contributed by atoms with E-state index in [1.165, 1.54) is 49.2 Å². The zero-order chi connectivity index (χ0) is 14.4. The molecular formula is C17H28N2S. The van der Waals surface area contributed by atoms with Crippen molar-refractivity contribution >= 4 is 11.3 Å². The summed E-state index contributed by atoms with van der Waals surface area (Å²) in [5.74, 6) is 0.766. The summed E-state index contributed by atoms with van der Waals surface area (Å²) < 4.78 is 0.